The zero-order valence-corrected chi connectivity index (χ0v) is 7.60. The Labute approximate surface area is 80.6 Å². The van der Waals surface area contributed by atoms with Gasteiger partial charge in [-0.15, -0.1) is 0 Å². The highest BCUT2D eigenvalue weighted by atomic mass is 16.5. The SMILES string of the molecule is CC(=O)Oc1ncc2ccccc2n1. The number of fused-ring (bicyclic) bond motifs is 1. The van der Waals surface area contributed by atoms with Crippen molar-refractivity contribution in [1.29, 1.82) is 0 Å². The molecule has 1 aromatic carbocycles. The topological polar surface area (TPSA) is 52.1 Å². The molecule has 0 saturated carbocycles. The number of rotatable bonds is 1. The molecule has 0 saturated heterocycles. The lowest BCUT2D eigenvalue weighted by molar-refractivity contribution is -0.132. The monoisotopic (exact) mass is 188 g/mol. The van der Waals surface area contributed by atoms with Gasteiger partial charge in [0.05, 0.1) is 5.52 Å². The first-order valence-corrected chi connectivity index (χ1v) is 4.16. The Morgan fingerprint density at radius 1 is 1.36 bits per heavy atom. The summed E-state index contributed by atoms with van der Waals surface area (Å²) in [6.07, 6.45) is 1.63. The zero-order valence-electron chi connectivity index (χ0n) is 7.60. The summed E-state index contributed by atoms with van der Waals surface area (Å²) in [5, 5.41) is 0.920. The molecule has 1 aromatic heterocycles. The van der Waals surface area contributed by atoms with Crippen molar-refractivity contribution >= 4 is 16.9 Å². The third kappa shape index (κ3) is 1.69. The number of para-hydroxylation sites is 1. The standard InChI is InChI=1S/C10H8N2O2/c1-7(13)14-10-11-6-8-4-2-3-5-9(8)12-10/h2-6H,1H3. The number of benzene rings is 1. The number of hydrogen-bond acceptors (Lipinski definition) is 4. The summed E-state index contributed by atoms with van der Waals surface area (Å²) in [5.41, 5.74) is 0.763. The predicted octanol–water partition coefficient (Wildman–Crippen LogP) is 1.56. The molecular weight excluding hydrogens is 180 g/mol. The molecule has 0 bridgehead atoms. The molecule has 0 aliphatic carbocycles. The Morgan fingerprint density at radius 3 is 2.93 bits per heavy atom. The van der Waals surface area contributed by atoms with Gasteiger partial charge >= 0.3 is 12.0 Å². The van der Waals surface area contributed by atoms with E-state index in [4.69, 9.17) is 4.74 Å². The van der Waals surface area contributed by atoms with Crippen molar-refractivity contribution in [2.45, 2.75) is 6.92 Å². The Bertz CT molecular complexity index is 482. The van der Waals surface area contributed by atoms with Crippen molar-refractivity contribution in [3.05, 3.63) is 30.5 Å². The van der Waals surface area contributed by atoms with Gasteiger partial charge in [0.15, 0.2) is 0 Å². The van der Waals surface area contributed by atoms with Gasteiger partial charge in [-0.05, 0) is 6.07 Å². The molecule has 1 heterocycles. The molecule has 70 valence electrons. The van der Waals surface area contributed by atoms with E-state index in [1.54, 1.807) is 6.20 Å². The van der Waals surface area contributed by atoms with Gasteiger partial charge in [0.1, 0.15) is 0 Å². The smallest absolute Gasteiger partial charge is 0.324 e. The lowest BCUT2D eigenvalue weighted by Crippen LogP contribution is -2.04. The molecule has 0 N–H and O–H groups in total. The van der Waals surface area contributed by atoms with Gasteiger partial charge < -0.3 is 4.74 Å². The van der Waals surface area contributed by atoms with Crippen LogP contribution in [0.5, 0.6) is 6.01 Å². The second kappa shape index (κ2) is 3.41. The third-order valence-corrected chi connectivity index (χ3v) is 1.70. The van der Waals surface area contributed by atoms with E-state index in [2.05, 4.69) is 9.97 Å². The molecule has 0 aliphatic rings. The Hall–Kier alpha value is -1.97. The van der Waals surface area contributed by atoms with Gasteiger partial charge in [0.25, 0.3) is 0 Å². The van der Waals surface area contributed by atoms with Gasteiger partial charge in [-0.1, -0.05) is 18.2 Å². The molecule has 0 aliphatic heterocycles. The average Bonchev–Trinajstić information content (AvgIpc) is 2.17. The van der Waals surface area contributed by atoms with Crippen LogP contribution in [0.4, 0.5) is 0 Å². The number of ether oxygens (including phenoxy) is 1. The van der Waals surface area contributed by atoms with Crippen molar-refractivity contribution in [3.63, 3.8) is 0 Å². The van der Waals surface area contributed by atoms with Gasteiger partial charge in [-0.3, -0.25) is 4.79 Å². The molecule has 0 fully saturated rings. The fourth-order valence-corrected chi connectivity index (χ4v) is 1.13. The minimum absolute atomic E-state index is 0.0937. The molecule has 0 unspecified atom stereocenters. The maximum absolute atomic E-state index is 10.6. The largest absolute Gasteiger partial charge is 0.391 e. The minimum Gasteiger partial charge on any atom is -0.391 e. The van der Waals surface area contributed by atoms with E-state index in [-0.39, 0.29) is 6.01 Å². The normalized spacial score (nSPS) is 10.1. The van der Waals surface area contributed by atoms with E-state index in [0.29, 0.717) is 0 Å². The second-order valence-corrected chi connectivity index (χ2v) is 2.81. The third-order valence-electron chi connectivity index (χ3n) is 1.70. The van der Waals surface area contributed by atoms with Crippen LogP contribution in [0.1, 0.15) is 6.92 Å². The summed E-state index contributed by atoms with van der Waals surface area (Å²) < 4.78 is 4.76. The van der Waals surface area contributed by atoms with E-state index in [0.717, 1.165) is 10.9 Å². The van der Waals surface area contributed by atoms with Crippen molar-refractivity contribution in [1.82, 2.24) is 9.97 Å². The molecule has 14 heavy (non-hydrogen) atoms. The lowest BCUT2D eigenvalue weighted by atomic mass is 10.2. The van der Waals surface area contributed by atoms with E-state index < -0.39 is 5.97 Å². The first-order chi connectivity index (χ1) is 6.75. The highest BCUT2D eigenvalue weighted by molar-refractivity contribution is 5.78. The van der Waals surface area contributed by atoms with E-state index in [1.165, 1.54) is 6.92 Å². The summed E-state index contributed by atoms with van der Waals surface area (Å²) in [6.45, 7) is 1.32. The summed E-state index contributed by atoms with van der Waals surface area (Å²) in [4.78, 5) is 18.6. The van der Waals surface area contributed by atoms with Gasteiger partial charge in [0, 0.05) is 18.5 Å². The van der Waals surface area contributed by atoms with Crippen LogP contribution in [0.25, 0.3) is 10.9 Å². The zero-order chi connectivity index (χ0) is 9.97. The van der Waals surface area contributed by atoms with Crippen LogP contribution < -0.4 is 4.74 Å². The van der Waals surface area contributed by atoms with Gasteiger partial charge in [-0.25, -0.2) is 4.98 Å². The molecule has 2 rings (SSSR count). The maximum atomic E-state index is 10.6. The predicted molar refractivity (Wildman–Crippen MR) is 50.8 cm³/mol. The number of carbonyl (C=O) groups excluding carboxylic acids is 1. The Kier molecular flexibility index (Phi) is 2.10. The Morgan fingerprint density at radius 2 is 2.14 bits per heavy atom. The molecule has 0 spiro atoms. The summed E-state index contributed by atoms with van der Waals surface area (Å²) in [7, 11) is 0. The van der Waals surface area contributed by atoms with Crippen LogP contribution in [-0.4, -0.2) is 15.9 Å². The number of carbonyl (C=O) groups is 1. The lowest BCUT2D eigenvalue weighted by Gasteiger charge is -1.99. The Balaban J connectivity index is 2.46. The van der Waals surface area contributed by atoms with Gasteiger partial charge in [-0.2, -0.15) is 4.98 Å². The molecule has 0 amide bonds. The quantitative estimate of drug-likeness (QED) is 0.637. The number of hydrogen-bond donors (Lipinski definition) is 0. The van der Waals surface area contributed by atoms with Crippen molar-refractivity contribution in [3.8, 4) is 6.01 Å². The summed E-state index contributed by atoms with van der Waals surface area (Å²) >= 11 is 0. The number of aromatic nitrogens is 2. The minimum atomic E-state index is -0.416. The molecule has 4 heteroatoms. The first kappa shape index (κ1) is 8.62. The van der Waals surface area contributed by atoms with E-state index in [9.17, 15) is 4.79 Å². The van der Waals surface area contributed by atoms with E-state index >= 15 is 0 Å². The molecular formula is C10H8N2O2. The molecule has 4 nitrogen and oxygen atoms in total. The fraction of sp³-hybridized carbons (Fsp3) is 0.100. The summed E-state index contributed by atoms with van der Waals surface area (Å²) in [6, 6.07) is 7.59. The van der Waals surface area contributed by atoms with Crippen molar-refractivity contribution < 1.29 is 9.53 Å². The second-order valence-electron chi connectivity index (χ2n) is 2.81. The van der Waals surface area contributed by atoms with Crippen molar-refractivity contribution in [2.24, 2.45) is 0 Å². The highest BCUT2D eigenvalue weighted by Gasteiger charge is 2.02. The van der Waals surface area contributed by atoms with E-state index in [1.807, 2.05) is 24.3 Å². The molecule has 2 aromatic rings. The van der Waals surface area contributed by atoms with Gasteiger partial charge in [0.2, 0.25) is 0 Å². The van der Waals surface area contributed by atoms with Crippen LogP contribution in [0.15, 0.2) is 30.5 Å². The van der Waals surface area contributed by atoms with Crippen LogP contribution in [0, 0.1) is 0 Å². The molecule has 0 atom stereocenters. The van der Waals surface area contributed by atoms with Crippen LogP contribution in [0.2, 0.25) is 0 Å². The van der Waals surface area contributed by atoms with Crippen molar-refractivity contribution in [2.75, 3.05) is 0 Å². The number of esters is 1. The highest BCUT2D eigenvalue weighted by Crippen LogP contribution is 2.12. The van der Waals surface area contributed by atoms with Crippen LogP contribution in [0.3, 0.4) is 0 Å². The maximum Gasteiger partial charge on any atom is 0.324 e. The van der Waals surface area contributed by atoms with Crippen LogP contribution in [-0.2, 0) is 4.79 Å². The molecule has 0 radical (unpaired) electrons. The van der Waals surface area contributed by atoms with Crippen LogP contribution >= 0.6 is 0 Å². The first-order valence-electron chi connectivity index (χ1n) is 4.16. The fourth-order valence-electron chi connectivity index (χ4n) is 1.13. The number of nitrogens with zero attached hydrogens (tertiary/aromatic N) is 2. The summed E-state index contributed by atoms with van der Waals surface area (Å²) in [5.74, 6) is -0.416. The average molecular weight is 188 g/mol.